The third-order valence-electron chi connectivity index (χ3n) is 2.63. The van der Waals surface area contributed by atoms with E-state index in [-0.39, 0.29) is 12.0 Å². The van der Waals surface area contributed by atoms with Crippen molar-refractivity contribution in [3.05, 3.63) is 0 Å². The van der Waals surface area contributed by atoms with Crippen molar-refractivity contribution in [2.75, 3.05) is 6.26 Å². The molecule has 0 bridgehead atoms. The Morgan fingerprint density at radius 2 is 1.85 bits per heavy atom. The molecule has 0 amide bonds. The summed E-state index contributed by atoms with van der Waals surface area (Å²) in [6.07, 6.45) is 2.15. The Morgan fingerprint density at radius 1 is 1.38 bits per heavy atom. The van der Waals surface area contributed by atoms with Gasteiger partial charge in [0.25, 0.3) is 0 Å². The van der Waals surface area contributed by atoms with Gasteiger partial charge in [0.2, 0.25) is 0 Å². The Morgan fingerprint density at radius 3 is 2.08 bits per heavy atom. The van der Waals surface area contributed by atoms with Gasteiger partial charge in [-0.3, -0.25) is 11.3 Å². The van der Waals surface area contributed by atoms with E-state index in [4.69, 9.17) is 5.84 Å². The lowest BCUT2D eigenvalue weighted by Gasteiger charge is -2.26. The first-order valence-electron chi connectivity index (χ1n) is 4.49. The fourth-order valence-electron chi connectivity index (χ4n) is 1.28. The van der Waals surface area contributed by atoms with Crippen molar-refractivity contribution < 1.29 is 8.42 Å². The lowest BCUT2D eigenvalue weighted by Crippen LogP contribution is -2.49. The van der Waals surface area contributed by atoms with E-state index >= 15 is 0 Å². The molecule has 80 valence electrons. The molecule has 0 saturated carbocycles. The molecule has 0 aromatic heterocycles. The molecule has 0 heterocycles. The average Bonchev–Trinajstić information content (AvgIpc) is 2.03. The Labute approximate surface area is 80.8 Å². The largest absolute Gasteiger partial charge is 0.271 e. The van der Waals surface area contributed by atoms with Gasteiger partial charge in [-0.25, -0.2) is 8.42 Å². The molecule has 0 radical (unpaired) electrons. The van der Waals surface area contributed by atoms with Crippen LogP contribution in [0.2, 0.25) is 0 Å². The van der Waals surface area contributed by atoms with E-state index in [2.05, 4.69) is 5.43 Å². The summed E-state index contributed by atoms with van der Waals surface area (Å²) in [6, 6.07) is -0.167. The number of hydrogen-bond donors (Lipinski definition) is 2. The van der Waals surface area contributed by atoms with Crippen LogP contribution in [-0.4, -0.2) is 26.0 Å². The zero-order chi connectivity index (χ0) is 10.6. The lowest BCUT2D eigenvalue weighted by atomic mass is 9.97. The van der Waals surface area contributed by atoms with Crippen LogP contribution in [-0.2, 0) is 9.84 Å². The van der Waals surface area contributed by atoms with Crippen LogP contribution in [0.1, 0.15) is 27.2 Å². The maximum atomic E-state index is 11.3. The average molecular weight is 208 g/mol. The Kier molecular flexibility index (Phi) is 4.88. The minimum Gasteiger partial charge on any atom is -0.271 e. The van der Waals surface area contributed by atoms with Gasteiger partial charge in [-0.2, -0.15) is 0 Å². The van der Waals surface area contributed by atoms with Crippen LogP contribution in [0.15, 0.2) is 0 Å². The smallest absolute Gasteiger partial charge is 0.151 e. The van der Waals surface area contributed by atoms with E-state index in [1.165, 1.54) is 6.26 Å². The molecule has 0 aliphatic carbocycles. The molecule has 3 unspecified atom stereocenters. The first kappa shape index (κ1) is 12.9. The molecule has 5 heteroatoms. The van der Waals surface area contributed by atoms with Crippen molar-refractivity contribution in [1.29, 1.82) is 0 Å². The molecular weight excluding hydrogens is 188 g/mol. The highest BCUT2D eigenvalue weighted by molar-refractivity contribution is 7.91. The zero-order valence-corrected chi connectivity index (χ0v) is 9.56. The highest BCUT2D eigenvalue weighted by atomic mass is 32.2. The highest BCUT2D eigenvalue weighted by Crippen LogP contribution is 2.15. The number of hydrogen-bond acceptors (Lipinski definition) is 4. The molecule has 13 heavy (non-hydrogen) atoms. The molecule has 0 aromatic carbocycles. The minimum absolute atomic E-state index is 0.167. The van der Waals surface area contributed by atoms with Crippen molar-refractivity contribution in [2.24, 2.45) is 11.8 Å². The maximum Gasteiger partial charge on any atom is 0.151 e. The van der Waals surface area contributed by atoms with E-state index < -0.39 is 15.1 Å². The first-order valence-corrected chi connectivity index (χ1v) is 6.45. The van der Waals surface area contributed by atoms with Gasteiger partial charge in [-0.05, 0) is 12.8 Å². The van der Waals surface area contributed by atoms with Gasteiger partial charge in [0.05, 0.1) is 5.25 Å². The quantitative estimate of drug-likeness (QED) is 0.503. The van der Waals surface area contributed by atoms with Gasteiger partial charge in [0.1, 0.15) is 0 Å². The monoisotopic (exact) mass is 208 g/mol. The predicted octanol–water partition coefficient (Wildman–Crippen LogP) is 0.298. The minimum atomic E-state index is -3.01. The van der Waals surface area contributed by atoms with Crippen molar-refractivity contribution in [3.63, 3.8) is 0 Å². The molecule has 0 aliphatic heterocycles. The van der Waals surface area contributed by atoms with Gasteiger partial charge >= 0.3 is 0 Å². The highest BCUT2D eigenvalue weighted by Gasteiger charge is 2.28. The van der Waals surface area contributed by atoms with E-state index in [1.807, 2.05) is 13.8 Å². The van der Waals surface area contributed by atoms with Gasteiger partial charge in [0, 0.05) is 12.3 Å². The fraction of sp³-hybridized carbons (Fsp3) is 1.00. The standard InChI is InChI=1S/C8H20N2O2S/c1-5-6(2)8(10-9)7(3)13(4,11)12/h6-8,10H,5,9H2,1-4H3. The summed E-state index contributed by atoms with van der Waals surface area (Å²) in [7, 11) is -3.01. The van der Waals surface area contributed by atoms with Crippen molar-refractivity contribution in [3.8, 4) is 0 Å². The predicted molar refractivity (Wildman–Crippen MR) is 54.9 cm³/mol. The Hall–Kier alpha value is -0.130. The molecule has 0 fully saturated rings. The maximum absolute atomic E-state index is 11.3. The van der Waals surface area contributed by atoms with Crippen LogP contribution in [0.25, 0.3) is 0 Å². The molecule has 0 rings (SSSR count). The first-order chi connectivity index (χ1) is 5.84. The Bertz CT molecular complexity index is 239. The van der Waals surface area contributed by atoms with Crippen molar-refractivity contribution >= 4 is 9.84 Å². The van der Waals surface area contributed by atoms with Gasteiger partial charge in [-0.15, -0.1) is 0 Å². The molecule has 0 aliphatic rings. The molecule has 4 nitrogen and oxygen atoms in total. The number of nitrogens with one attached hydrogen (secondary N) is 1. The number of hydrazine groups is 1. The van der Waals surface area contributed by atoms with E-state index in [0.29, 0.717) is 0 Å². The normalized spacial score (nSPS) is 19.5. The summed E-state index contributed by atoms with van der Waals surface area (Å²) >= 11 is 0. The molecular formula is C8H20N2O2S. The van der Waals surface area contributed by atoms with Gasteiger partial charge < -0.3 is 0 Å². The van der Waals surface area contributed by atoms with Gasteiger partial charge in [-0.1, -0.05) is 20.3 Å². The number of nitrogens with two attached hydrogens (primary N) is 1. The SMILES string of the molecule is CCC(C)C(NN)C(C)S(C)(=O)=O. The summed E-state index contributed by atoms with van der Waals surface area (Å²) < 4.78 is 22.5. The summed E-state index contributed by atoms with van der Waals surface area (Å²) in [5, 5.41) is -0.438. The molecule has 3 atom stereocenters. The number of rotatable bonds is 5. The topological polar surface area (TPSA) is 72.2 Å². The molecule has 3 N–H and O–H groups in total. The van der Waals surface area contributed by atoms with Crippen molar-refractivity contribution in [1.82, 2.24) is 5.43 Å². The summed E-state index contributed by atoms with van der Waals surface area (Å²) in [5.74, 6) is 5.59. The van der Waals surface area contributed by atoms with Crippen LogP contribution < -0.4 is 11.3 Å². The summed E-state index contributed by atoms with van der Waals surface area (Å²) in [5.41, 5.74) is 2.58. The van der Waals surface area contributed by atoms with Crippen LogP contribution in [0.5, 0.6) is 0 Å². The molecule has 0 aromatic rings. The summed E-state index contributed by atoms with van der Waals surface area (Å²) in [6.45, 7) is 5.70. The van der Waals surface area contributed by atoms with Gasteiger partial charge in [0.15, 0.2) is 9.84 Å². The Balaban J connectivity index is 4.59. The van der Waals surface area contributed by atoms with Crippen LogP contribution in [0, 0.1) is 5.92 Å². The zero-order valence-electron chi connectivity index (χ0n) is 8.74. The fourth-order valence-corrected chi connectivity index (χ4v) is 2.16. The van der Waals surface area contributed by atoms with Crippen LogP contribution in [0.4, 0.5) is 0 Å². The third kappa shape index (κ3) is 3.62. The second-order valence-corrected chi connectivity index (χ2v) is 6.02. The second-order valence-electron chi connectivity index (χ2n) is 3.61. The van der Waals surface area contributed by atoms with Crippen LogP contribution >= 0.6 is 0 Å². The number of sulfone groups is 1. The van der Waals surface area contributed by atoms with Crippen LogP contribution in [0.3, 0.4) is 0 Å². The van der Waals surface area contributed by atoms with E-state index in [1.54, 1.807) is 6.92 Å². The van der Waals surface area contributed by atoms with E-state index in [0.717, 1.165) is 6.42 Å². The second kappa shape index (κ2) is 4.93. The molecule has 0 spiro atoms. The third-order valence-corrected chi connectivity index (χ3v) is 4.27. The lowest BCUT2D eigenvalue weighted by molar-refractivity contribution is 0.362. The summed E-state index contributed by atoms with van der Waals surface area (Å²) in [4.78, 5) is 0. The molecule has 0 saturated heterocycles. The van der Waals surface area contributed by atoms with Crippen molar-refractivity contribution in [2.45, 2.75) is 38.5 Å². The van der Waals surface area contributed by atoms with E-state index in [9.17, 15) is 8.42 Å².